The first kappa shape index (κ1) is 29.8. The average Bonchev–Trinajstić information content (AvgIpc) is 2.92. The number of rotatable bonds is 21. The van der Waals surface area contributed by atoms with E-state index in [1.165, 1.54) is 49.7 Å². The summed E-state index contributed by atoms with van der Waals surface area (Å²) < 4.78 is 0. The van der Waals surface area contributed by atoms with E-state index >= 15 is 0 Å². The van der Waals surface area contributed by atoms with Crippen molar-refractivity contribution in [3.05, 3.63) is 81.6 Å². The van der Waals surface area contributed by atoms with Gasteiger partial charge in [0.15, 0.2) is 0 Å². The lowest BCUT2D eigenvalue weighted by Gasteiger charge is -2.23. The summed E-state index contributed by atoms with van der Waals surface area (Å²) in [7, 11) is 0. The zero-order valence-electron chi connectivity index (χ0n) is 22.4. The topological polar surface area (TPSA) is 65.3 Å². The number of unbranched alkanes of at least 4 members (excludes halogenated alkanes) is 5. The van der Waals surface area contributed by atoms with E-state index in [9.17, 15) is 9.81 Å². The molecular weight excluding hydrogens is 448 g/mol. The van der Waals surface area contributed by atoms with Gasteiger partial charge in [-0.3, -0.25) is 9.80 Å². The van der Waals surface area contributed by atoms with Crippen molar-refractivity contribution in [3.8, 4) is 0 Å². The maximum atomic E-state index is 10.8. The molecule has 0 N–H and O–H groups in total. The van der Waals surface area contributed by atoms with E-state index < -0.39 is 0 Å². The van der Waals surface area contributed by atoms with Crippen LogP contribution in [0.5, 0.6) is 0 Å². The summed E-state index contributed by atoms with van der Waals surface area (Å²) in [6, 6.07) is 20.9. The maximum absolute atomic E-state index is 10.8. The van der Waals surface area contributed by atoms with Crippen LogP contribution in [0.3, 0.4) is 0 Å². The van der Waals surface area contributed by atoms with Crippen LogP contribution in [-0.2, 0) is 13.1 Å². The largest absolute Gasteiger partial charge is 0.299 e. The van der Waals surface area contributed by atoms with Crippen molar-refractivity contribution in [2.45, 2.75) is 90.4 Å². The Balaban J connectivity index is 1.65. The molecule has 2 aromatic carbocycles. The molecule has 0 spiro atoms. The molecular formula is C30H46N4O2. The van der Waals surface area contributed by atoms with E-state index in [4.69, 9.17) is 0 Å². The van der Waals surface area contributed by atoms with Gasteiger partial charge in [0.05, 0.1) is 12.1 Å². The first-order valence-corrected chi connectivity index (χ1v) is 13.8. The van der Waals surface area contributed by atoms with E-state index in [-0.39, 0.29) is 12.1 Å². The lowest BCUT2D eigenvalue weighted by atomic mass is 10.1. The molecule has 0 heterocycles. The van der Waals surface area contributed by atoms with Crippen LogP contribution in [0.4, 0.5) is 0 Å². The lowest BCUT2D eigenvalue weighted by molar-refractivity contribution is 0.246. The van der Waals surface area contributed by atoms with Crippen molar-refractivity contribution < 1.29 is 0 Å². The van der Waals surface area contributed by atoms with Gasteiger partial charge < -0.3 is 0 Å². The second-order valence-corrected chi connectivity index (χ2v) is 10.1. The van der Waals surface area contributed by atoms with Crippen LogP contribution in [0, 0.1) is 9.81 Å². The number of nitroso groups, excluding NO2 is 2. The fourth-order valence-electron chi connectivity index (χ4n) is 4.45. The standard InChI is InChI=1S/C30H46N4O2/c1-27(31-35)19-23-33(25-29-15-9-7-10-16-29)21-13-5-3-4-6-14-22-34(24-20-28(2)32-36)26-30-17-11-8-12-18-30/h7-12,15-18,27-28H,3-6,13-14,19-26H2,1-2H3. The summed E-state index contributed by atoms with van der Waals surface area (Å²) >= 11 is 0. The molecule has 6 nitrogen and oxygen atoms in total. The predicted molar refractivity (Wildman–Crippen MR) is 151 cm³/mol. The van der Waals surface area contributed by atoms with Crippen molar-refractivity contribution >= 4 is 0 Å². The smallest absolute Gasteiger partial charge is 0.0903 e. The molecule has 36 heavy (non-hydrogen) atoms. The van der Waals surface area contributed by atoms with Gasteiger partial charge in [-0.1, -0.05) is 96.7 Å². The second-order valence-electron chi connectivity index (χ2n) is 10.1. The van der Waals surface area contributed by atoms with Crippen LogP contribution in [-0.4, -0.2) is 48.1 Å². The third kappa shape index (κ3) is 13.6. The average molecular weight is 495 g/mol. The molecule has 2 rings (SSSR count). The number of hydrogen-bond donors (Lipinski definition) is 0. The van der Waals surface area contributed by atoms with Crippen molar-refractivity contribution in [3.63, 3.8) is 0 Å². The highest BCUT2D eigenvalue weighted by Crippen LogP contribution is 2.13. The molecule has 0 saturated heterocycles. The molecule has 0 radical (unpaired) electrons. The zero-order chi connectivity index (χ0) is 25.8. The van der Waals surface area contributed by atoms with Crippen LogP contribution in [0.15, 0.2) is 71.0 Å². The number of nitrogens with zero attached hydrogens (tertiary/aromatic N) is 4. The molecule has 2 aromatic rings. The summed E-state index contributed by atoms with van der Waals surface area (Å²) in [5, 5.41) is 6.33. The van der Waals surface area contributed by atoms with E-state index in [0.29, 0.717) is 0 Å². The molecule has 198 valence electrons. The van der Waals surface area contributed by atoms with Gasteiger partial charge in [0.25, 0.3) is 0 Å². The highest BCUT2D eigenvalue weighted by atomic mass is 16.3. The van der Waals surface area contributed by atoms with Gasteiger partial charge in [-0.05, 0) is 63.7 Å². The van der Waals surface area contributed by atoms with Crippen molar-refractivity contribution in [2.75, 3.05) is 26.2 Å². The van der Waals surface area contributed by atoms with Crippen LogP contribution in [0.25, 0.3) is 0 Å². The first-order chi connectivity index (χ1) is 17.6. The Bertz CT molecular complexity index is 749. The van der Waals surface area contributed by atoms with Crippen LogP contribution in [0.1, 0.15) is 76.3 Å². The molecule has 2 atom stereocenters. The SMILES string of the molecule is CC(CCN(CCCCCCCCN(CCC(C)N=O)Cc1ccccc1)Cc1ccccc1)N=O. The number of benzene rings is 2. The van der Waals surface area contributed by atoms with Crippen molar-refractivity contribution in [1.82, 2.24) is 9.80 Å². The maximum Gasteiger partial charge on any atom is 0.0903 e. The van der Waals surface area contributed by atoms with Crippen molar-refractivity contribution in [1.29, 1.82) is 0 Å². The molecule has 0 aliphatic heterocycles. The fourth-order valence-corrected chi connectivity index (χ4v) is 4.45. The minimum absolute atomic E-state index is 0.123. The third-order valence-corrected chi connectivity index (χ3v) is 6.78. The summed E-state index contributed by atoms with van der Waals surface area (Å²) in [5.74, 6) is 0. The molecule has 0 aliphatic rings. The van der Waals surface area contributed by atoms with Gasteiger partial charge in [0.1, 0.15) is 0 Å². The van der Waals surface area contributed by atoms with Gasteiger partial charge in [-0.25, -0.2) is 0 Å². The fraction of sp³-hybridized carbons (Fsp3) is 0.600. The third-order valence-electron chi connectivity index (χ3n) is 6.78. The Morgan fingerprint density at radius 2 is 0.917 bits per heavy atom. The van der Waals surface area contributed by atoms with Gasteiger partial charge in [0, 0.05) is 26.2 Å². The second kappa shape index (κ2) is 18.8. The Labute approximate surface area is 218 Å². The highest BCUT2D eigenvalue weighted by molar-refractivity contribution is 5.15. The summed E-state index contributed by atoms with van der Waals surface area (Å²) in [5.41, 5.74) is 2.64. The minimum atomic E-state index is -0.123. The first-order valence-electron chi connectivity index (χ1n) is 13.8. The Hall–Kier alpha value is -2.44. The summed E-state index contributed by atoms with van der Waals surface area (Å²) in [6.45, 7) is 9.61. The normalized spacial score (nSPS) is 13.1. The van der Waals surface area contributed by atoms with Crippen LogP contribution in [0.2, 0.25) is 0 Å². The van der Waals surface area contributed by atoms with E-state index in [1.807, 2.05) is 13.8 Å². The zero-order valence-corrected chi connectivity index (χ0v) is 22.4. The lowest BCUT2D eigenvalue weighted by Crippen LogP contribution is -2.27. The minimum Gasteiger partial charge on any atom is -0.299 e. The molecule has 2 unspecified atom stereocenters. The van der Waals surface area contributed by atoms with Crippen LogP contribution < -0.4 is 0 Å². The Kier molecular flexibility index (Phi) is 15.5. The molecule has 0 fully saturated rings. The van der Waals surface area contributed by atoms with Crippen LogP contribution >= 0.6 is 0 Å². The van der Waals surface area contributed by atoms with Gasteiger partial charge in [-0.2, -0.15) is 9.81 Å². The predicted octanol–water partition coefficient (Wildman–Crippen LogP) is 7.42. The summed E-state index contributed by atoms with van der Waals surface area (Å²) in [6.07, 6.45) is 9.01. The molecule has 0 aliphatic carbocycles. The van der Waals surface area contributed by atoms with E-state index in [1.54, 1.807) is 0 Å². The van der Waals surface area contributed by atoms with E-state index in [2.05, 4.69) is 80.8 Å². The molecule has 6 heteroatoms. The molecule has 0 amide bonds. The van der Waals surface area contributed by atoms with E-state index in [0.717, 1.165) is 52.1 Å². The highest BCUT2D eigenvalue weighted by Gasteiger charge is 2.10. The number of hydrogen-bond acceptors (Lipinski definition) is 6. The van der Waals surface area contributed by atoms with Gasteiger partial charge >= 0.3 is 0 Å². The van der Waals surface area contributed by atoms with Crippen molar-refractivity contribution in [2.24, 2.45) is 10.4 Å². The molecule has 0 aromatic heterocycles. The van der Waals surface area contributed by atoms with Gasteiger partial charge in [0.2, 0.25) is 0 Å². The monoisotopic (exact) mass is 494 g/mol. The molecule has 0 saturated carbocycles. The molecule has 0 bridgehead atoms. The summed E-state index contributed by atoms with van der Waals surface area (Å²) in [4.78, 5) is 26.5. The Morgan fingerprint density at radius 3 is 1.28 bits per heavy atom. The quantitative estimate of drug-likeness (QED) is 0.134. The Morgan fingerprint density at radius 1 is 0.556 bits per heavy atom. The van der Waals surface area contributed by atoms with Gasteiger partial charge in [-0.15, -0.1) is 0 Å².